The molecular weight excluding hydrogens is 392 g/mol. The first kappa shape index (κ1) is 20.8. The second-order valence-corrected chi connectivity index (χ2v) is 7.73. The minimum atomic E-state index is -0.331. The lowest BCUT2D eigenvalue weighted by Gasteiger charge is -2.28. The number of rotatable bonds is 5. The maximum atomic E-state index is 12.5. The number of aryl methyl sites for hydroxylation is 1. The molecule has 7 nitrogen and oxygen atoms in total. The van der Waals surface area contributed by atoms with E-state index in [0.717, 1.165) is 35.4 Å². The predicted octanol–water partition coefficient (Wildman–Crippen LogP) is 5.19. The van der Waals surface area contributed by atoms with Crippen LogP contribution in [-0.2, 0) is 0 Å². The van der Waals surface area contributed by atoms with Crippen LogP contribution in [0.25, 0.3) is 10.9 Å². The van der Waals surface area contributed by atoms with E-state index in [1.807, 2.05) is 18.2 Å². The Morgan fingerprint density at radius 3 is 2.29 bits per heavy atom. The number of pyridine rings is 1. The lowest BCUT2D eigenvalue weighted by Crippen LogP contribution is -2.30. The van der Waals surface area contributed by atoms with Crippen molar-refractivity contribution in [2.24, 2.45) is 0 Å². The van der Waals surface area contributed by atoms with Gasteiger partial charge in [-0.2, -0.15) is 0 Å². The molecule has 0 unspecified atom stereocenters. The number of amides is 2. The lowest BCUT2D eigenvalue weighted by molar-refractivity contribution is 0.262. The summed E-state index contributed by atoms with van der Waals surface area (Å²) in [6.45, 7) is 4.22. The van der Waals surface area contributed by atoms with Gasteiger partial charge in [0, 0.05) is 35.9 Å². The van der Waals surface area contributed by atoms with Crippen LogP contribution < -0.4 is 25.0 Å². The smallest absolute Gasteiger partial charge is 0.323 e. The minimum Gasteiger partial charge on any atom is -0.493 e. The molecule has 0 aliphatic carbocycles. The maximum Gasteiger partial charge on any atom is 0.323 e. The normalized spacial score (nSPS) is 13.7. The summed E-state index contributed by atoms with van der Waals surface area (Å²) in [7, 11) is 3.13. The van der Waals surface area contributed by atoms with Crippen LogP contribution in [0, 0.1) is 6.92 Å². The number of ether oxygens (including phenoxy) is 2. The second kappa shape index (κ2) is 9.12. The van der Waals surface area contributed by atoms with E-state index in [-0.39, 0.29) is 6.03 Å². The van der Waals surface area contributed by atoms with E-state index < -0.39 is 0 Å². The van der Waals surface area contributed by atoms with E-state index in [0.29, 0.717) is 22.9 Å². The summed E-state index contributed by atoms with van der Waals surface area (Å²) in [6.07, 6.45) is 3.73. The average Bonchev–Trinajstić information content (AvgIpc) is 2.79. The van der Waals surface area contributed by atoms with Gasteiger partial charge in [0.1, 0.15) is 5.82 Å². The van der Waals surface area contributed by atoms with Gasteiger partial charge in [-0.15, -0.1) is 0 Å². The fourth-order valence-electron chi connectivity index (χ4n) is 3.95. The van der Waals surface area contributed by atoms with Crippen molar-refractivity contribution in [1.82, 2.24) is 4.98 Å². The molecule has 1 aromatic heterocycles. The molecule has 2 N–H and O–H groups in total. The number of benzene rings is 2. The Balaban J connectivity index is 1.49. The molecule has 1 aliphatic heterocycles. The van der Waals surface area contributed by atoms with Crippen LogP contribution >= 0.6 is 0 Å². The summed E-state index contributed by atoms with van der Waals surface area (Å²) in [5.74, 6) is 2.20. The molecule has 0 saturated carbocycles. The van der Waals surface area contributed by atoms with E-state index in [2.05, 4.69) is 28.5 Å². The van der Waals surface area contributed by atoms with Crippen LogP contribution in [0.4, 0.5) is 22.0 Å². The third kappa shape index (κ3) is 4.66. The molecule has 0 bridgehead atoms. The van der Waals surface area contributed by atoms with Crippen LogP contribution in [0.2, 0.25) is 0 Å². The number of hydrogen-bond acceptors (Lipinski definition) is 5. The monoisotopic (exact) mass is 420 g/mol. The fourth-order valence-corrected chi connectivity index (χ4v) is 3.95. The van der Waals surface area contributed by atoms with E-state index in [4.69, 9.17) is 14.5 Å². The quantitative estimate of drug-likeness (QED) is 0.594. The highest BCUT2D eigenvalue weighted by atomic mass is 16.5. The highest BCUT2D eigenvalue weighted by molar-refractivity contribution is 6.01. The summed E-state index contributed by atoms with van der Waals surface area (Å²) in [4.78, 5) is 19.7. The van der Waals surface area contributed by atoms with Gasteiger partial charge in [-0.3, -0.25) is 0 Å². The molecule has 2 amide bonds. The summed E-state index contributed by atoms with van der Waals surface area (Å²) in [5, 5.41) is 6.75. The topological polar surface area (TPSA) is 75.7 Å². The van der Waals surface area contributed by atoms with Gasteiger partial charge in [-0.1, -0.05) is 0 Å². The van der Waals surface area contributed by atoms with Crippen molar-refractivity contribution in [2.45, 2.75) is 26.2 Å². The number of methoxy groups -OCH3 is 2. The number of hydrogen-bond donors (Lipinski definition) is 2. The zero-order chi connectivity index (χ0) is 21.8. The summed E-state index contributed by atoms with van der Waals surface area (Å²) in [5.41, 5.74) is 3.40. The van der Waals surface area contributed by atoms with Gasteiger partial charge in [-0.25, -0.2) is 9.78 Å². The van der Waals surface area contributed by atoms with Crippen molar-refractivity contribution < 1.29 is 14.3 Å². The lowest BCUT2D eigenvalue weighted by atomic mass is 10.1. The third-order valence-electron chi connectivity index (χ3n) is 5.58. The molecule has 162 valence electrons. The van der Waals surface area contributed by atoms with Crippen molar-refractivity contribution in [2.75, 3.05) is 42.8 Å². The van der Waals surface area contributed by atoms with Crippen LogP contribution in [0.5, 0.6) is 11.5 Å². The number of carbonyl (C=O) groups excluding carboxylic acids is 1. The molecule has 7 heteroatoms. The molecule has 0 atom stereocenters. The molecule has 1 fully saturated rings. The van der Waals surface area contributed by atoms with Crippen molar-refractivity contribution in [1.29, 1.82) is 0 Å². The molecule has 31 heavy (non-hydrogen) atoms. The largest absolute Gasteiger partial charge is 0.493 e. The third-order valence-corrected chi connectivity index (χ3v) is 5.58. The first-order valence-corrected chi connectivity index (χ1v) is 10.5. The Hall–Kier alpha value is -3.48. The molecule has 0 spiro atoms. The Labute approximate surface area is 182 Å². The first-order chi connectivity index (χ1) is 15.1. The van der Waals surface area contributed by atoms with Crippen LogP contribution in [-0.4, -0.2) is 38.3 Å². The molecule has 4 rings (SSSR count). The number of piperidine rings is 1. The Kier molecular flexibility index (Phi) is 6.11. The zero-order valence-corrected chi connectivity index (χ0v) is 18.2. The fraction of sp³-hybridized carbons (Fsp3) is 0.333. The number of fused-ring (bicyclic) bond motifs is 1. The minimum absolute atomic E-state index is 0.331. The SMILES string of the molecule is COc1ccc(NC(=O)Nc2ccc3nc(N4CCCCC4)cc(C)c3c2)cc1OC. The van der Waals surface area contributed by atoms with Crippen molar-refractivity contribution in [3.05, 3.63) is 48.0 Å². The molecular formula is C24H28N4O3. The van der Waals surface area contributed by atoms with E-state index >= 15 is 0 Å². The summed E-state index contributed by atoms with van der Waals surface area (Å²) in [6, 6.07) is 12.8. The van der Waals surface area contributed by atoms with E-state index in [1.54, 1.807) is 32.4 Å². The van der Waals surface area contributed by atoms with Crippen LogP contribution in [0.15, 0.2) is 42.5 Å². The number of aromatic nitrogens is 1. The zero-order valence-electron chi connectivity index (χ0n) is 18.2. The number of urea groups is 1. The molecule has 2 heterocycles. The molecule has 1 aliphatic rings. The molecule has 1 saturated heterocycles. The molecule has 3 aromatic rings. The van der Waals surface area contributed by atoms with Gasteiger partial charge in [-0.05, 0) is 68.1 Å². The second-order valence-electron chi connectivity index (χ2n) is 7.73. The van der Waals surface area contributed by atoms with Crippen LogP contribution in [0.1, 0.15) is 24.8 Å². The van der Waals surface area contributed by atoms with Crippen molar-refractivity contribution in [3.8, 4) is 11.5 Å². The predicted molar refractivity (Wildman–Crippen MR) is 125 cm³/mol. The first-order valence-electron chi connectivity index (χ1n) is 10.5. The number of anilines is 3. The molecule has 2 aromatic carbocycles. The summed E-state index contributed by atoms with van der Waals surface area (Å²) >= 11 is 0. The van der Waals surface area contributed by atoms with Gasteiger partial charge >= 0.3 is 6.03 Å². The number of carbonyl (C=O) groups is 1. The van der Waals surface area contributed by atoms with Crippen LogP contribution in [0.3, 0.4) is 0 Å². The number of nitrogens with zero attached hydrogens (tertiary/aromatic N) is 2. The van der Waals surface area contributed by atoms with E-state index in [1.165, 1.54) is 19.3 Å². The van der Waals surface area contributed by atoms with Gasteiger partial charge in [0.15, 0.2) is 11.5 Å². The summed E-state index contributed by atoms with van der Waals surface area (Å²) < 4.78 is 10.5. The molecule has 0 radical (unpaired) electrons. The number of nitrogens with one attached hydrogen (secondary N) is 2. The average molecular weight is 421 g/mol. The van der Waals surface area contributed by atoms with Crippen molar-refractivity contribution in [3.63, 3.8) is 0 Å². The van der Waals surface area contributed by atoms with Gasteiger partial charge < -0.3 is 25.0 Å². The standard InChI is InChI=1S/C24H28N4O3/c1-16-13-23(28-11-5-4-6-12-28)27-20-9-7-17(14-19(16)20)25-24(29)26-18-8-10-21(30-2)22(15-18)31-3/h7-10,13-15H,4-6,11-12H2,1-3H3,(H2,25,26,29). The van der Waals surface area contributed by atoms with Gasteiger partial charge in [0.05, 0.1) is 19.7 Å². The maximum absolute atomic E-state index is 12.5. The Morgan fingerprint density at radius 2 is 1.58 bits per heavy atom. The highest BCUT2D eigenvalue weighted by Crippen LogP contribution is 2.30. The van der Waals surface area contributed by atoms with Gasteiger partial charge in [0.25, 0.3) is 0 Å². The Morgan fingerprint density at radius 1 is 0.903 bits per heavy atom. The van der Waals surface area contributed by atoms with Crippen molar-refractivity contribution >= 4 is 34.1 Å². The van der Waals surface area contributed by atoms with E-state index in [9.17, 15) is 4.79 Å². The highest BCUT2D eigenvalue weighted by Gasteiger charge is 2.14. The Bertz CT molecular complexity index is 1090. The van der Waals surface area contributed by atoms with Gasteiger partial charge in [0.2, 0.25) is 0 Å².